The second-order valence-electron chi connectivity index (χ2n) is 5.04. The van der Waals surface area contributed by atoms with Crippen molar-refractivity contribution in [2.45, 2.75) is 39.7 Å². The number of benzene rings is 1. The van der Waals surface area contributed by atoms with Gasteiger partial charge in [0, 0.05) is 19.8 Å². The van der Waals surface area contributed by atoms with E-state index in [1.165, 1.54) is 12.0 Å². The first-order valence-electron chi connectivity index (χ1n) is 8.00. The first-order valence-corrected chi connectivity index (χ1v) is 8.79. The molecule has 1 aromatic rings. The van der Waals surface area contributed by atoms with Crippen molar-refractivity contribution < 1.29 is 14.2 Å². The Bertz CT molecular complexity index is 427. The Hall–Kier alpha value is -0.780. The normalized spacial score (nSPS) is 10.7. The molecule has 1 aromatic carbocycles. The predicted molar refractivity (Wildman–Crippen MR) is 93.9 cm³/mol. The van der Waals surface area contributed by atoms with Crippen molar-refractivity contribution in [1.29, 1.82) is 0 Å². The van der Waals surface area contributed by atoms with E-state index in [9.17, 15) is 0 Å². The molecular weight excluding hydrogens is 346 g/mol. The van der Waals surface area contributed by atoms with E-state index in [4.69, 9.17) is 14.2 Å². The Balaban J connectivity index is 2.36. The number of hydrogen-bond acceptors (Lipinski definition) is 4. The standard InChI is InChI=1S/C17H28BrNO3/c1-4-6-9-21-10-7-8-19-13-14-11-15(18)17(20-3)16(12-14)22-5-2/h11-12,19H,4-10,13H2,1-3H3. The zero-order valence-corrected chi connectivity index (χ0v) is 15.5. The van der Waals surface area contributed by atoms with Crippen LogP contribution in [0.5, 0.6) is 11.5 Å². The molecule has 1 rings (SSSR count). The third-order valence-corrected chi connectivity index (χ3v) is 3.78. The van der Waals surface area contributed by atoms with Gasteiger partial charge in [0.15, 0.2) is 11.5 Å². The van der Waals surface area contributed by atoms with Crippen molar-refractivity contribution in [1.82, 2.24) is 5.32 Å². The van der Waals surface area contributed by atoms with Gasteiger partial charge in [0.05, 0.1) is 18.2 Å². The average molecular weight is 374 g/mol. The van der Waals surface area contributed by atoms with E-state index in [1.807, 2.05) is 13.0 Å². The SMILES string of the molecule is CCCCOCCCNCc1cc(Br)c(OC)c(OCC)c1. The molecule has 0 radical (unpaired) electrons. The van der Waals surface area contributed by atoms with Gasteiger partial charge in [0.1, 0.15) is 0 Å². The zero-order valence-electron chi connectivity index (χ0n) is 13.9. The van der Waals surface area contributed by atoms with Crippen molar-refractivity contribution >= 4 is 15.9 Å². The van der Waals surface area contributed by atoms with E-state index in [0.29, 0.717) is 6.61 Å². The Morgan fingerprint density at radius 2 is 1.91 bits per heavy atom. The number of rotatable bonds is 12. The number of ether oxygens (including phenoxy) is 3. The van der Waals surface area contributed by atoms with Gasteiger partial charge in [-0.05, 0) is 59.9 Å². The summed E-state index contributed by atoms with van der Waals surface area (Å²) in [5.74, 6) is 1.52. The lowest BCUT2D eigenvalue weighted by atomic mass is 10.2. The molecule has 0 bridgehead atoms. The fourth-order valence-electron chi connectivity index (χ4n) is 2.06. The zero-order chi connectivity index (χ0) is 16.2. The van der Waals surface area contributed by atoms with Crippen LogP contribution < -0.4 is 14.8 Å². The first-order chi connectivity index (χ1) is 10.7. The van der Waals surface area contributed by atoms with Gasteiger partial charge in [-0.3, -0.25) is 0 Å². The number of methoxy groups -OCH3 is 1. The highest BCUT2D eigenvalue weighted by atomic mass is 79.9. The van der Waals surface area contributed by atoms with E-state index in [-0.39, 0.29) is 0 Å². The summed E-state index contributed by atoms with van der Waals surface area (Å²) in [4.78, 5) is 0. The van der Waals surface area contributed by atoms with Crippen LogP contribution in [0.25, 0.3) is 0 Å². The average Bonchev–Trinajstić information content (AvgIpc) is 2.50. The number of halogens is 1. The number of unbranched alkanes of at least 4 members (excludes halogenated alkanes) is 1. The molecule has 0 unspecified atom stereocenters. The van der Waals surface area contributed by atoms with Crippen LogP contribution in [0.3, 0.4) is 0 Å². The molecule has 1 N–H and O–H groups in total. The maximum Gasteiger partial charge on any atom is 0.174 e. The lowest BCUT2D eigenvalue weighted by Crippen LogP contribution is -2.16. The van der Waals surface area contributed by atoms with E-state index in [0.717, 1.165) is 55.1 Å². The lowest BCUT2D eigenvalue weighted by molar-refractivity contribution is 0.129. The topological polar surface area (TPSA) is 39.7 Å². The molecule has 0 fully saturated rings. The van der Waals surface area contributed by atoms with E-state index >= 15 is 0 Å². The molecule has 0 amide bonds. The van der Waals surface area contributed by atoms with E-state index < -0.39 is 0 Å². The molecule has 0 atom stereocenters. The molecule has 0 heterocycles. The Morgan fingerprint density at radius 3 is 2.59 bits per heavy atom. The largest absolute Gasteiger partial charge is 0.492 e. The summed E-state index contributed by atoms with van der Waals surface area (Å²) in [6, 6.07) is 4.09. The molecule has 4 nitrogen and oxygen atoms in total. The smallest absolute Gasteiger partial charge is 0.174 e. The number of hydrogen-bond donors (Lipinski definition) is 1. The lowest BCUT2D eigenvalue weighted by Gasteiger charge is -2.13. The van der Waals surface area contributed by atoms with Gasteiger partial charge in [-0.15, -0.1) is 0 Å². The van der Waals surface area contributed by atoms with Gasteiger partial charge >= 0.3 is 0 Å². The van der Waals surface area contributed by atoms with E-state index in [1.54, 1.807) is 7.11 Å². The fourth-order valence-corrected chi connectivity index (χ4v) is 2.72. The van der Waals surface area contributed by atoms with Crippen LogP contribution in [0.15, 0.2) is 16.6 Å². The third kappa shape index (κ3) is 6.99. The summed E-state index contributed by atoms with van der Waals surface area (Å²) in [6.45, 7) is 8.21. The molecule has 5 heteroatoms. The van der Waals surface area contributed by atoms with Crippen molar-refractivity contribution in [3.63, 3.8) is 0 Å². The first kappa shape index (κ1) is 19.3. The Kier molecular flexibility index (Phi) is 10.3. The second-order valence-corrected chi connectivity index (χ2v) is 5.89. The molecule has 0 aliphatic rings. The summed E-state index contributed by atoms with van der Waals surface area (Å²) in [6.07, 6.45) is 3.36. The van der Waals surface area contributed by atoms with Crippen molar-refractivity contribution in [2.24, 2.45) is 0 Å². The molecule has 22 heavy (non-hydrogen) atoms. The van der Waals surface area contributed by atoms with Gasteiger partial charge in [0.2, 0.25) is 0 Å². The summed E-state index contributed by atoms with van der Waals surface area (Å²) in [5, 5.41) is 3.43. The number of nitrogens with one attached hydrogen (secondary N) is 1. The van der Waals surface area contributed by atoms with Crippen molar-refractivity contribution in [3.05, 3.63) is 22.2 Å². The highest BCUT2D eigenvalue weighted by Gasteiger charge is 2.10. The van der Waals surface area contributed by atoms with Crippen LogP contribution in [0.1, 0.15) is 38.7 Å². The third-order valence-electron chi connectivity index (χ3n) is 3.19. The van der Waals surface area contributed by atoms with E-state index in [2.05, 4.69) is 34.2 Å². The van der Waals surface area contributed by atoms with Crippen molar-refractivity contribution in [2.75, 3.05) is 33.5 Å². The van der Waals surface area contributed by atoms with Crippen LogP contribution in [0.2, 0.25) is 0 Å². The van der Waals surface area contributed by atoms with Gasteiger partial charge < -0.3 is 19.5 Å². The Morgan fingerprint density at radius 1 is 1.14 bits per heavy atom. The minimum Gasteiger partial charge on any atom is -0.492 e. The maximum absolute atomic E-state index is 5.63. The van der Waals surface area contributed by atoms with Gasteiger partial charge in [-0.25, -0.2) is 0 Å². The maximum atomic E-state index is 5.63. The highest BCUT2D eigenvalue weighted by molar-refractivity contribution is 9.10. The van der Waals surface area contributed by atoms with Gasteiger partial charge in [-0.2, -0.15) is 0 Å². The van der Waals surface area contributed by atoms with Gasteiger partial charge in [-0.1, -0.05) is 13.3 Å². The predicted octanol–water partition coefficient (Wildman–Crippen LogP) is 4.15. The van der Waals surface area contributed by atoms with Gasteiger partial charge in [0.25, 0.3) is 0 Å². The minimum absolute atomic E-state index is 0.620. The quantitative estimate of drug-likeness (QED) is 0.558. The summed E-state index contributed by atoms with van der Waals surface area (Å²) in [7, 11) is 1.65. The summed E-state index contributed by atoms with van der Waals surface area (Å²) < 4.78 is 17.5. The van der Waals surface area contributed by atoms with Crippen molar-refractivity contribution in [3.8, 4) is 11.5 Å². The minimum atomic E-state index is 0.620. The second kappa shape index (κ2) is 11.7. The fraction of sp³-hybridized carbons (Fsp3) is 0.647. The van der Waals surface area contributed by atoms with Crippen LogP contribution >= 0.6 is 15.9 Å². The molecule has 0 aromatic heterocycles. The summed E-state index contributed by atoms with van der Waals surface area (Å²) in [5.41, 5.74) is 1.17. The Labute approximate surface area is 142 Å². The van der Waals surface area contributed by atoms with Crippen LogP contribution in [0.4, 0.5) is 0 Å². The molecule has 0 saturated carbocycles. The highest BCUT2D eigenvalue weighted by Crippen LogP contribution is 2.36. The molecule has 0 aliphatic heterocycles. The molecule has 126 valence electrons. The summed E-state index contributed by atoms with van der Waals surface area (Å²) >= 11 is 3.53. The van der Waals surface area contributed by atoms with Crippen LogP contribution in [0, 0.1) is 0 Å². The monoisotopic (exact) mass is 373 g/mol. The van der Waals surface area contributed by atoms with Crippen LogP contribution in [-0.4, -0.2) is 33.5 Å². The molecule has 0 aliphatic carbocycles. The molecular formula is C17H28BrNO3. The molecule has 0 saturated heterocycles. The molecule has 0 spiro atoms. The van der Waals surface area contributed by atoms with Crippen LogP contribution in [-0.2, 0) is 11.3 Å².